The van der Waals surface area contributed by atoms with Gasteiger partial charge in [-0.3, -0.25) is 4.68 Å². The van der Waals surface area contributed by atoms with Gasteiger partial charge >= 0.3 is 0 Å². The van der Waals surface area contributed by atoms with E-state index in [0.717, 1.165) is 10.9 Å². The number of thioether (sulfide) groups is 1. The second kappa shape index (κ2) is 5.69. The molecular weight excluding hydrogens is 289 g/mol. The Morgan fingerprint density at radius 3 is 2.67 bits per heavy atom. The number of hydrogen-bond acceptors (Lipinski definition) is 4. The van der Waals surface area contributed by atoms with Gasteiger partial charge in [-0.1, -0.05) is 23.9 Å². The summed E-state index contributed by atoms with van der Waals surface area (Å²) in [5.41, 5.74) is 1.43. The van der Waals surface area contributed by atoms with Crippen molar-refractivity contribution < 1.29 is 4.39 Å². The van der Waals surface area contributed by atoms with Crippen molar-refractivity contribution >= 4 is 11.8 Å². The first-order valence-corrected chi connectivity index (χ1v) is 7.39. The predicted molar refractivity (Wildman–Crippen MR) is 79.2 cm³/mol. The Morgan fingerprint density at radius 2 is 1.95 bits per heavy atom. The van der Waals surface area contributed by atoms with Gasteiger partial charge in [-0.2, -0.15) is 5.10 Å². The lowest BCUT2D eigenvalue weighted by Gasteiger charge is -2.04. The van der Waals surface area contributed by atoms with Crippen molar-refractivity contribution in [3.8, 4) is 11.4 Å². The zero-order valence-corrected chi connectivity index (χ0v) is 12.5. The maximum absolute atomic E-state index is 13.8. The van der Waals surface area contributed by atoms with Crippen molar-refractivity contribution in [3.63, 3.8) is 0 Å². The number of benzene rings is 1. The summed E-state index contributed by atoms with van der Waals surface area (Å²) in [5, 5.41) is 13.3. The minimum Gasteiger partial charge on any atom is -0.305 e. The molecule has 0 aliphatic rings. The Morgan fingerprint density at radius 1 is 1.14 bits per heavy atom. The third-order valence-electron chi connectivity index (χ3n) is 3.07. The molecule has 0 fully saturated rings. The van der Waals surface area contributed by atoms with Crippen molar-refractivity contribution in [1.29, 1.82) is 0 Å². The molecular formula is C14H14FN5S. The summed E-state index contributed by atoms with van der Waals surface area (Å²) in [7, 11) is 3.72. The Balaban J connectivity index is 1.81. The van der Waals surface area contributed by atoms with E-state index in [4.69, 9.17) is 0 Å². The van der Waals surface area contributed by atoms with Gasteiger partial charge in [0.1, 0.15) is 5.82 Å². The van der Waals surface area contributed by atoms with Crippen molar-refractivity contribution in [3.05, 3.63) is 48.0 Å². The largest absolute Gasteiger partial charge is 0.305 e. The van der Waals surface area contributed by atoms with Crippen LogP contribution in [0.15, 0.2) is 41.7 Å². The van der Waals surface area contributed by atoms with Crippen LogP contribution in [0.5, 0.6) is 0 Å². The van der Waals surface area contributed by atoms with E-state index < -0.39 is 0 Å². The lowest BCUT2D eigenvalue weighted by Crippen LogP contribution is -1.97. The van der Waals surface area contributed by atoms with Crippen molar-refractivity contribution in [2.24, 2.45) is 14.1 Å². The molecule has 0 N–H and O–H groups in total. The average molecular weight is 303 g/mol. The molecule has 1 aromatic carbocycles. The van der Waals surface area contributed by atoms with Gasteiger partial charge in [0.25, 0.3) is 0 Å². The van der Waals surface area contributed by atoms with Gasteiger partial charge in [0.15, 0.2) is 11.0 Å². The van der Waals surface area contributed by atoms with Gasteiger partial charge in [0.2, 0.25) is 0 Å². The zero-order chi connectivity index (χ0) is 14.8. The summed E-state index contributed by atoms with van der Waals surface area (Å²) in [6.45, 7) is 0. The molecule has 0 aliphatic heterocycles. The first kappa shape index (κ1) is 13.8. The molecule has 7 heteroatoms. The van der Waals surface area contributed by atoms with Gasteiger partial charge in [0.05, 0.1) is 11.3 Å². The fourth-order valence-corrected chi connectivity index (χ4v) is 2.81. The molecule has 2 aromatic heterocycles. The van der Waals surface area contributed by atoms with E-state index in [1.54, 1.807) is 27.4 Å². The van der Waals surface area contributed by atoms with Crippen LogP contribution in [0, 0.1) is 5.82 Å². The van der Waals surface area contributed by atoms with Gasteiger partial charge in [-0.25, -0.2) is 4.39 Å². The van der Waals surface area contributed by atoms with E-state index >= 15 is 0 Å². The standard InChI is InChI=1S/C14H14FN5S/c1-19-8-7-10(18-19)9-21-14-17-16-13(20(14)2)11-5-3-4-6-12(11)15/h3-8H,9H2,1-2H3. The Labute approximate surface area is 125 Å². The Kier molecular flexibility index (Phi) is 3.74. The number of aryl methyl sites for hydroxylation is 1. The first-order valence-electron chi connectivity index (χ1n) is 6.41. The second-order valence-electron chi connectivity index (χ2n) is 4.61. The molecule has 0 bridgehead atoms. The lowest BCUT2D eigenvalue weighted by molar-refractivity contribution is 0.628. The molecule has 3 aromatic rings. The first-order chi connectivity index (χ1) is 10.1. The van der Waals surface area contributed by atoms with Crippen molar-refractivity contribution in [1.82, 2.24) is 24.5 Å². The summed E-state index contributed by atoms with van der Waals surface area (Å²) < 4.78 is 17.4. The van der Waals surface area contributed by atoms with Crippen LogP contribution in [-0.2, 0) is 19.8 Å². The Hall–Kier alpha value is -2.15. The molecule has 0 spiro atoms. The highest BCUT2D eigenvalue weighted by atomic mass is 32.2. The molecule has 2 heterocycles. The molecule has 0 atom stereocenters. The number of aromatic nitrogens is 5. The number of halogens is 1. The highest BCUT2D eigenvalue weighted by Gasteiger charge is 2.14. The maximum Gasteiger partial charge on any atom is 0.191 e. The van der Waals surface area contributed by atoms with E-state index in [1.807, 2.05) is 26.4 Å². The molecule has 0 saturated heterocycles. The van der Waals surface area contributed by atoms with E-state index in [9.17, 15) is 4.39 Å². The minimum atomic E-state index is -0.297. The third kappa shape index (κ3) is 2.82. The second-order valence-corrected chi connectivity index (χ2v) is 5.56. The van der Waals surface area contributed by atoms with Crippen LogP contribution in [0.1, 0.15) is 5.69 Å². The lowest BCUT2D eigenvalue weighted by atomic mass is 10.2. The molecule has 108 valence electrons. The van der Waals surface area contributed by atoms with Crippen molar-refractivity contribution in [2.75, 3.05) is 0 Å². The van der Waals surface area contributed by atoms with Crippen molar-refractivity contribution in [2.45, 2.75) is 10.9 Å². The summed E-state index contributed by atoms with van der Waals surface area (Å²) in [4.78, 5) is 0. The van der Waals surface area contributed by atoms with Crippen LogP contribution in [0.3, 0.4) is 0 Å². The van der Waals surface area contributed by atoms with Gasteiger partial charge < -0.3 is 4.57 Å². The van der Waals surface area contributed by atoms with Crippen LogP contribution in [0.2, 0.25) is 0 Å². The smallest absolute Gasteiger partial charge is 0.191 e. The van der Waals surface area contributed by atoms with Crippen LogP contribution in [0.4, 0.5) is 4.39 Å². The monoisotopic (exact) mass is 303 g/mol. The number of hydrogen-bond donors (Lipinski definition) is 0. The minimum absolute atomic E-state index is 0.297. The molecule has 0 saturated carbocycles. The highest BCUT2D eigenvalue weighted by molar-refractivity contribution is 7.98. The van der Waals surface area contributed by atoms with Crippen LogP contribution in [-0.4, -0.2) is 24.5 Å². The normalized spacial score (nSPS) is 11.0. The molecule has 0 unspecified atom stereocenters. The quantitative estimate of drug-likeness (QED) is 0.695. The SMILES string of the molecule is Cn1ccc(CSc2nnc(-c3ccccc3F)n2C)n1. The summed E-state index contributed by atoms with van der Waals surface area (Å²) in [6.07, 6.45) is 1.90. The fourth-order valence-electron chi connectivity index (χ4n) is 2.00. The molecule has 0 amide bonds. The predicted octanol–water partition coefficient (Wildman–Crippen LogP) is 2.65. The number of rotatable bonds is 4. The highest BCUT2D eigenvalue weighted by Crippen LogP contribution is 2.26. The van der Waals surface area contributed by atoms with E-state index in [1.165, 1.54) is 17.8 Å². The molecule has 21 heavy (non-hydrogen) atoms. The maximum atomic E-state index is 13.8. The summed E-state index contributed by atoms with van der Waals surface area (Å²) in [6, 6.07) is 8.53. The topological polar surface area (TPSA) is 48.5 Å². The molecule has 0 radical (unpaired) electrons. The summed E-state index contributed by atoms with van der Waals surface area (Å²) in [5.74, 6) is 0.926. The van der Waals surface area contributed by atoms with Crippen LogP contribution >= 0.6 is 11.8 Å². The third-order valence-corrected chi connectivity index (χ3v) is 4.12. The molecule has 0 aliphatic carbocycles. The zero-order valence-electron chi connectivity index (χ0n) is 11.7. The fraction of sp³-hybridized carbons (Fsp3) is 0.214. The molecule has 5 nitrogen and oxygen atoms in total. The van der Waals surface area contributed by atoms with E-state index in [2.05, 4.69) is 15.3 Å². The van der Waals surface area contributed by atoms with Gasteiger partial charge in [0, 0.05) is 26.0 Å². The Bertz CT molecular complexity index is 764. The molecule has 3 rings (SSSR count). The van der Waals surface area contributed by atoms with Crippen LogP contribution in [0.25, 0.3) is 11.4 Å². The van der Waals surface area contributed by atoms with E-state index in [0.29, 0.717) is 17.1 Å². The van der Waals surface area contributed by atoms with Crippen LogP contribution < -0.4 is 0 Å². The van der Waals surface area contributed by atoms with Gasteiger partial charge in [-0.05, 0) is 18.2 Å². The average Bonchev–Trinajstić information content (AvgIpc) is 3.04. The number of nitrogens with zero attached hydrogens (tertiary/aromatic N) is 5. The van der Waals surface area contributed by atoms with E-state index in [-0.39, 0.29) is 5.82 Å². The summed E-state index contributed by atoms with van der Waals surface area (Å²) >= 11 is 1.53. The van der Waals surface area contributed by atoms with Gasteiger partial charge in [-0.15, -0.1) is 10.2 Å².